The second-order valence-electron chi connectivity index (χ2n) is 2.91. The molecule has 1 saturated carbocycles. The van der Waals surface area contributed by atoms with Gasteiger partial charge in [0.25, 0.3) is 0 Å². The molecule has 0 bridgehead atoms. The van der Waals surface area contributed by atoms with E-state index in [0.29, 0.717) is 18.9 Å². The molecule has 0 radical (unpaired) electrons. The third kappa shape index (κ3) is 2.06. The van der Waals surface area contributed by atoms with E-state index in [4.69, 9.17) is 5.73 Å². The lowest BCUT2D eigenvalue weighted by atomic mass is 10.1. The average molecular weight is 151 g/mol. The lowest BCUT2D eigenvalue weighted by molar-refractivity contribution is -0.119. The van der Waals surface area contributed by atoms with Crippen LogP contribution in [0.3, 0.4) is 0 Å². The first kappa shape index (κ1) is 8.29. The zero-order valence-corrected chi connectivity index (χ0v) is 6.76. The number of nitrogens with two attached hydrogens (primary N) is 1. The van der Waals surface area contributed by atoms with Crippen LogP contribution in [0.25, 0.3) is 0 Å². The van der Waals surface area contributed by atoms with Gasteiger partial charge in [0.15, 0.2) is 0 Å². The number of hydrogen-bond acceptors (Lipinski definition) is 2. The Morgan fingerprint density at radius 2 is 2.45 bits per heavy atom. The van der Waals surface area contributed by atoms with Crippen LogP contribution in [0.4, 0.5) is 0 Å². The molecule has 0 saturated heterocycles. The maximum Gasteiger partial charge on any atom is 0.148 e. The molecule has 1 fully saturated rings. The number of carbonyl (C=O) groups excluding carboxylic acids is 1. The van der Waals surface area contributed by atoms with Gasteiger partial charge < -0.3 is 5.73 Å². The highest BCUT2D eigenvalue weighted by Gasteiger charge is 2.40. The zero-order valence-electron chi connectivity index (χ0n) is 6.76. The summed E-state index contributed by atoms with van der Waals surface area (Å²) in [4.78, 5) is 11.2. The molecule has 2 nitrogen and oxygen atoms in total. The second-order valence-corrected chi connectivity index (χ2v) is 2.91. The monoisotopic (exact) mass is 151 g/mol. The number of Topliss-reactive ketones (excluding diaryl/α,β-unsaturated/α-hetero) is 1. The van der Waals surface area contributed by atoms with Crippen LogP contribution in [-0.4, -0.2) is 12.3 Å². The third-order valence-electron chi connectivity index (χ3n) is 2.08. The lowest BCUT2D eigenvalue weighted by Gasteiger charge is -1.91. The molecular weight excluding hydrogens is 138 g/mol. The average Bonchev–Trinajstić information content (AvgIpc) is 2.78. The Morgan fingerprint density at radius 3 is 2.91 bits per heavy atom. The van der Waals surface area contributed by atoms with Gasteiger partial charge in [-0.25, -0.2) is 0 Å². The molecule has 2 heteroatoms. The van der Waals surface area contributed by atoms with Gasteiger partial charge in [0.2, 0.25) is 0 Å². The van der Waals surface area contributed by atoms with E-state index in [0.717, 1.165) is 6.42 Å². The van der Waals surface area contributed by atoms with E-state index in [-0.39, 0.29) is 11.7 Å². The molecule has 1 aliphatic rings. The van der Waals surface area contributed by atoms with Gasteiger partial charge in [-0.2, -0.15) is 0 Å². The maximum absolute atomic E-state index is 11.2. The summed E-state index contributed by atoms with van der Waals surface area (Å²) in [6.07, 6.45) is 1.40. The number of hydrogen-bond donors (Lipinski definition) is 1. The van der Waals surface area contributed by atoms with E-state index < -0.39 is 0 Å². The van der Waals surface area contributed by atoms with Crippen molar-refractivity contribution in [2.24, 2.45) is 17.6 Å². The molecule has 0 heterocycles. The van der Waals surface area contributed by atoms with Crippen LogP contribution in [0.2, 0.25) is 0 Å². The predicted molar refractivity (Wildman–Crippen MR) is 43.7 cm³/mol. The van der Waals surface area contributed by atoms with Crippen LogP contribution < -0.4 is 5.73 Å². The Kier molecular flexibility index (Phi) is 2.67. The first-order valence-corrected chi connectivity index (χ1v) is 3.92. The van der Waals surface area contributed by atoms with Crippen LogP contribution in [-0.2, 0) is 4.79 Å². The Morgan fingerprint density at radius 1 is 1.73 bits per heavy atom. The van der Waals surface area contributed by atoms with Crippen LogP contribution in [0.5, 0.6) is 0 Å². The van der Waals surface area contributed by atoms with Crippen molar-refractivity contribution in [1.82, 2.24) is 0 Å². The van der Waals surface area contributed by atoms with Crippen LogP contribution in [0, 0.1) is 23.7 Å². The molecule has 11 heavy (non-hydrogen) atoms. The molecule has 0 aromatic heterocycles. The largest absolute Gasteiger partial charge is 0.330 e. The van der Waals surface area contributed by atoms with E-state index in [9.17, 15) is 4.79 Å². The molecule has 0 amide bonds. The van der Waals surface area contributed by atoms with Gasteiger partial charge >= 0.3 is 0 Å². The Hall–Kier alpha value is -0.810. The summed E-state index contributed by atoms with van der Waals surface area (Å²) in [6.45, 7) is 2.40. The van der Waals surface area contributed by atoms with Crippen LogP contribution in [0.15, 0.2) is 0 Å². The highest BCUT2D eigenvalue weighted by Crippen LogP contribution is 2.38. The summed E-state index contributed by atoms with van der Waals surface area (Å²) >= 11 is 0. The van der Waals surface area contributed by atoms with Crippen molar-refractivity contribution in [1.29, 1.82) is 0 Å². The fraction of sp³-hybridized carbons (Fsp3) is 0.667. The molecular formula is C9H13NO. The van der Waals surface area contributed by atoms with E-state index in [1.165, 1.54) is 0 Å². The van der Waals surface area contributed by atoms with E-state index in [1.54, 1.807) is 6.92 Å². The minimum absolute atomic E-state index is 0.237. The van der Waals surface area contributed by atoms with Gasteiger partial charge in [-0.05, 0) is 25.8 Å². The highest BCUT2D eigenvalue weighted by atomic mass is 16.1. The summed E-state index contributed by atoms with van der Waals surface area (Å²) in [5, 5.41) is 0. The first-order chi connectivity index (χ1) is 5.29. The number of carbonyl (C=O) groups is 1. The minimum Gasteiger partial charge on any atom is -0.330 e. The lowest BCUT2D eigenvalue weighted by Crippen LogP contribution is -2.07. The summed E-state index contributed by atoms with van der Waals surface area (Å²) in [7, 11) is 0. The van der Waals surface area contributed by atoms with Gasteiger partial charge in [-0.3, -0.25) is 4.79 Å². The van der Waals surface area contributed by atoms with Crippen molar-refractivity contribution >= 4 is 5.78 Å². The summed E-state index contributed by atoms with van der Waals surface area (Å²) in [5.41, 5.74) is 5.40. The number of ketones is 1. The topological polar surface area (TPSA) is 43.1 Å². The normalized spacial score (nSPS) is 27.1. The van der Waals surface area contributed by atoms with Gasteiger partial charge in [-0.1, -0.05) is 5.92 Å². The minimum atomic E-state index is 0.237. The predicted octanol–water partition coefficient (Wildman–Crippen LogP) is 0.564. The van der Waals surface area contributed by atoms with E-state index >= 15 is 0 Å². The zero-order chi connectivity index (χ0) is 8.27. The fourth-order valence-electron chi connectivity index (χ4n) is 1.21. The number of rotatable bonds is 3. The second kappa shape index (κ2) is 3.54. The van der Waals surface area contributed by atoms with E-state index in [2.05, 4.69) is 11.8 Å². The van der Waals surface area contributed by atoms with Crippen molar-refractivity contribution in [2.75, 3.05) is 6.54 Å². The Labute approximate surface area is 67.2 Å². The molecule has 0 unspecified atom stereocenters. The molecule has 0 aromatic rings. The standard InChI is InChI=1S/C9H13NO/c1-2-3-4-9(11)8-5-7(8)6-10/h7-8H,4-6,10H2,1H3/t7-,8-/m1/s1. The smallest absolute Gasteiger partial charge is 0.148 e. The van der Waals surface area contributed by atoms with Gasteiger partial charge in [0, 0.05) is 5.92 Å². The molecule has 1 aliphatic carbocycles. The molecule has 2 N–H and O–H groups in total. The molecule has 60 valence electrons. The summed E-state index contributed by atoms with van der Waals surface area (Å²) in [6, 6.07) is 0. The summed E-state index contributed by atoms with van der Waals surface area (Å²) in [5.74, 6) is 6.45. The molecule has 0 aromatic carbocycles. The fourth-order valence-corrected chi connectivity index (χ4v) is 1.21. The quantitative estimate of drug-likeness (QED) is 0.599. The van der Waals surface area contributed by atoms with Crippen molar-refractivity contribution in [2.45, 2.75) is 19.8 Å². The van der Waals surface area contributed by atoms with Crippen molar-refractivity contribution in [3.05, 3.63) is 0 Å². The van der Waals surface area contributed by atoms with Crippen molar-refractivity contribution in [3.8, 4) is 11.8 Å². The molecule has 2 atom stereocenters. The Bertz CT molecular complexity index is 211. The maximum atomic E-state index is 11.2. The molecule has 0 aliphatic heterocycles. The van der Waals surface area contributed by atoms with Crippen molar-refractivity contribution in [3.63, 3.8) is 0 Å². The van der Waals surface area contributed by atoms with Crippen molar-refractivity contribution < 1.29 is 4.79 Å². The van der Waals surface area contributed by atoms with Gasteiger partial charge in [-0.15, -0.1) is 5.92 Å². The molecule has 0 spiro atoms. The highest BCUT2D eigenvalue weighted by molar-refractivity contribution is 5.85. The Balaban J connectivity index is 2.26. The van der Waals surface area contributed by atoms with Gasteiger partial charge in [0.1, 0.15) is 5.78 Å². The molecule has 1 rings (SSSR count). The van der Waals surface area contributed by atoms with Crippen LogP contribution in [0.1, 0.15) is 19.8 Å². The SMILES string of the molecule is CC#CCC(=O)[C@@H]1C[C@@H]1CN. The van der Waals surface area contributed by atoms with Crippen LogP contribution >= 0.6 is 0 Å². The first-order valence-electron chi connectivity index (χ1n) is 3.92. The van der Waals surface area contributed by atoms with Gasteiger partial charge in [0.05, 0.1) is 6.42 Å². The third-order valence-corrected chi connectivity index (χ3v) is 2.08. The summed E-state index contributed by atoms with van der Waals surface area (Å²) < 4.78 is 0. The van der Waals surface area contributed by atoms with E-state index in [1.807, 2.05) is 0 Å².